The summed E-state index contributed by atoms with van der Waals surface area (Å²) < 4.78 is 10.6. The van der Waals surface area contributed by atoms with Gasteiger partial charge in [0, 0.05) is 39.2 Å². The van der Waals surface area contributed by atoms with Crippen molar-refractivity contribution in [2.24, 2.45) is 5.92 Å². The number of benzene rings is 1. The number of rotatable bonds is 6. The third kappa shape index (κ3) is 3.90. The van der Waals surface area contributed by atoms with Crippen LogP contribution in [0.5, 0.6) is 5.75 Å². The lowest BCUT2D eigenvalue weighted by molar-refractivity contribution is -0.132. The topological polar surface area (TPSA) is 42.0 Å². The highest BCUT2D eigenvalue weighted by atomic mass is 16.5. The van der Waals surface area contributed by atoms with Crippen LogP contribution in [0.25, 0.3) is 0 Å². The Morgan fingerprint density at radius 2 is 2.00 bits per heavy atom. The molecule has 0 spiro atoms. The van der Waals surface area contributed by atoms with Crippen LogP contribution in [0.4, 0.5) is 0 Å². The van der Waals surface area contributed by atoms with Gasteiger partial charge in [0.1, 0.15) is 5.75 Å². The summed E-state index contributed by atoms with van der Waals surface area (Å²) in [7, 11) is 3.43. The Balaban J connectivity index is 1.56. The van der Waals surface area contributed by atoms with Crippen molar-refractivity contribution in [3.63, 3.8) is 0 Å². The number of carbonyl (C=O) groups is 1. The van der Waals surface area contributed by atoms with E-state index in [2.05, 4.69) is 15.9 Å². The van der Waals surface area contributed by atoms with Crippen LogP contribution >= 0.6 is 0 Å². The van der Waals surface area contributed by atoms with Gasteiger partial charge in [0.05, 0.1) is 13.7 Å². The lowest BCUT2D eigenvalue weighted by Crippen LogP contribution is -2.37. The molecule has 1 aliphatic heterocycles. The summed E-state index contributed by atoms with van der Waals surface area (Å²) in [6, 6.07) is 8.07. The van der Waals surface area contributed by atoms with Crippen molar-refractivity contribution >= 4 is 5.91 Å². The van der Waals surface area contributed by atoms with Gasteiger partial charge in [-0.1, -0.05) is 18.2 Å². The van der Waals surface area contributed by atoms with Gasteiger partial charge in [0.2, 0.25) is 5.91 Å². The third-order valence-corrected chi connectivity index (χ3v) is 5.16. The molecular formula is C19H28N2O3. The molecule has 1 aromatic rings. The molecule has 1 saturated carbocycles. The molecule has 24 heavy (non-hydrogen) atoms. The van der Waals surface area contributed by atoms with Gasteiger partial charge in [0.15, 0.2) is 0 Å². The number of amides is 1. The molecule has 132 valence electrons. The third-order valence-electron chi connectivity index (χ3n) is 5.16. The summed E-state index contributed by atoms with van der Waals surface area (Å²) in [5.41, 5.74) is 1.18. The number of hydrogen-bond acceptors (Lipinski definition) is 4. The highest BCUT2D eigenvalue weighted by molar-refractivity contribution is 5.83. The summed E-state index contributed by atoms with van der Waals surface area (Å²) in [4.78, 5) is 17.3. The zero-order chi connectivity index (χ0) is 16.9. The Hall–Kier alpha value is -1.59. The molecule has 0 radical (unpaired) electrons. The average Bonchev–Trinajstić information content (AvgIpc) is 3.43. The number of para-hydroxylation sites is 1. The van der Waals surface area contributed by atoms with Gasteiger partial charge < -0.3 is 14.4 Å². The molecule has 5 heteroatoms. The molecule has 2 fully saturated rings. The van der Waals surface area contributed by atoms with Gasteiger partial charge in [-0.25, -0.2) is 0 Å². The molecule has 1 aromatic carbocycles. The summed E-state index contributed by atoms with van der Waals surface area (Å²) in [5.74, 6) is 1.67. The second kappa shape index (κ2) is 7.99. The van der Waals surface area contributed by atoms with E-state index in [0.717, 1.165) is 57.9 Å². The average molecular weight is 332 g/mol. The molecule has 0 aromatic heterocycles. The van der Waals surface area contributed by atoms with Gasteiger partial charge in [-0.15, -0.1) is 0 Å². The highest BCUT2D eigenvalue weighted by Crippen LogP contribution is 2.51. The summed E-state index contributed by atoms with van der Waals surface area (Å²) in [5, 5.41) is 0. The molecule has 2 aliphatic rings. The maximum Gasteiger partial charge on any atom is 0.226 e. The van der Waals surface area contributed by atoms with E-state index in [1.807, 2.05) is 18.2 Å². The van der Waals surface area contributed by atoms with Crippen LogP contribution in [-0.2, 0) is 9.53 Å². The molecule has 0 bridgehead atoms. The van der Waals surface area contributed by atoms with Crippen LogP contribution in [0.1, 0.15) is 24.3 Å². The molecule has 2 atom stereocenters. The predicted molar refractivity (Wildman–Crippen MR) is 93.4 cm³/mol. The second-order valence-corrected chi connectivity index (χ2v) is 6.70. The van der Waals surface area contributed by atoms with Crippen molar-refractivity contribution in [3.05, 3.63) is 29.8 Å². The minimum Gasteiger partial charge on any atom is -0.496 e. The van der Waals surface area contributed by atoms with Crippen molar-refractivity contribution in [2.45, 2.75) is 18.8 Å². The number of nitrogens with zero attached hydrogens (tertiary/aromatic N) is 2. The Morgan fingerprint density at radius 1 is 1.17 bits per heavy atom. The standard InChI is InChI=1S/C19H28N2O3/c1-23-13-12-20-8-5-9-21(11-10-20)19(22)17-14-16(17)15-6-3-4-7-18(15)24-2/h3-4,6-7,16-17H,5,8-14H2,1-2H3/t16-,17+/m1/s1. The Kier molecular flexibility index (Phi) is 5.74. The molecule has 3 rings (SSSR count). The normalized spacial score (nSPS) is 24.5. The molecular weight excluding hydrogens is 304 g/mol. The van der Waals surface area contributed by atoms with Gasteiger partial charge in [-0.05, 0) is 36.9 Å². The largest absolute Gasteiger partial charge is 0.496 e. The first-order chi connectivity index (χ1) is 11.7. The first-order valence-electron chi connectivity index (χ1n) is 8.87. The van der Waals surface area contributed by atoms with Crippen molar-refractivity contribution in [2.75, 3.05) is 53.6 Å². The van der Waals surface area contributed by atoms with Crippen molar-refractivity contribution in [1.82, 2.24) is 9.80 Å². The number of carbonyl (C=O) groups excluding carboxylic acids is 1. The van der Waals surface area contributed by atoms with E-state index in [9.17, 15) is 4.79 Å². The van der Waals surface area contributed by atoms with E-state index in [1.54, 1.807) is 14.2 Å². The minimum atomic E-state index is 0.131. The Morgan fingerprint density at radius 3 is 2.79 bits per heavy atom. The quantitative estimate of drug-likeness (QED) is 0.799. The van der Waals surface area contributed by atoms with Crippen LogP contribution in [0, 0.1) is 5.92 Å². The Labute approximate surface area is 144 Å². The van der Waals surface area contributed by atoms with Crippen molar-refractivity contribution in [3.8, 4) is 5.75 Å². The van der Waals surface area contributed by atoms with Gasteiger partial charge >= 0.3 is 0 Å². The lowest BCUT2D eigenvalue weighted by atomic mass is 10.1. The zero-order valence-electron chi connectivity index (χ0n) is 14.7. The first-order valence-corrected chi connectivity index (χ1v) is 8.87. The fourth-order valence-corrected chi connectivity index (χ4v) is 3.65. The highest BCUT2D eigenvalue weighted by Gasteiger charge is 2.46. The van der Waals surface area contributed by atoms with Crippen molar-refractivity contribution < 1.29 is 14.3 Å². The number of ether oxygens (including phenoxy) is 2. The van der Waals surface area contributed by atoms with Crippen LogP contribution in [0.2, 0.25) is 0 Å². The molecule has 1 amide bonds. The molecule has 1 heterocycles. The van der Waals surface area contributed by atoms with E-state index in [-0.39, 0.29) is 5.92 Å². The maximum atomic E-state index is 12.9. The predicted octanol–water partition coefficient (Wildman–Crippen LogP) is 1.98. The second-order valence-electron chi connectivity index (χ2n) is 6.70. The van der Waals surface area contributed by atoms with Gasteiger partial charge in [0.25, 0.3) is 0 Å². The van der Waals surface area contributed by atoms with E-state index in [1.165, 1.54) is 5.56 Å². The van der Waals surface area contributed by atoms with E-state index < -0.39 is 0 Å². The summed E-state index contributed by atoms with van der Waals surface area (Å²) >= 11 is 0. The lowest BCUT2D eigenvalue weighted by Gasteiger charge is -2.22. The fraction of sp³-hybridized carbons (Fsp3) is 0.632. The molecule has 0 unspecified atom stereocenters. The van der Waals surface area contributed by atoms with E-state index >= 15 is 0 Å². The maximum absolute atomic E-state index is 12.9. The van der Waals surface area contributed by atoms with Gasteiger partial charge in [-0.3, -0.25) is 9.69 Å². The van der Waals surface area contributed by atoms with E-state index in [0.29, 0.717) is 11.8 Å². The SMILES string of the molecule is COCCN1CCCN(C(=O)[C@H]2C[C@@H]2c2ccccc2OC)CC1. The van der Waals surface area contributed by atoms with Crippen LogP contribution in [-0.4, -0.2) is 69.3 Å². The number of methoxy groups -OCH3 is 2. The Bertz CT molecular complexity index is 563. The fourth-order valence-electron chi connectivity index (χ4n) is 3.65. The monoisotopic (exact) mass is 332 g/mol. The zero-order valence-corrected chi connectivity index (χ0v) is 14.7. The van der Waals surface area contributed by atoms with E-state index in [4.69, 9.17) is 9.47 Å². The smallest absolute Gasteiger partial charge is 0.226 e. The molecule has 5 nitrogen and oxygen atoms in total. The molecule has 0 N–H and O–H groups in total. The number of hydrogen-bond donors (Lipinski definition) is 0. The summed E-state index contributed by atoms with van der Waals surface area (Å²) in [6.07, 6.45) is 1.99. The van der Waals surface area contributed by atoms with Crippen LogP contribution < -0.4 is 4.74 Å². The summed E-state index contributed by atoms with van der Waals surface area (Å²) in [6.45, 7) is 5.41. The van der Waals surface area contributed by atoms with Gasteiger partial charge in [-0.2, -0.15) is 0 Å². The molecule has 1 aliphatic carbocycles. The van der Waals surface area contributed by atoms with Crippen LogP contribution in [0.3, 0.4) is 0 Å². The van der Waals surface area contributed by atoms with Crippen molar-refractivity contribution in [1.29, 1.82) is 0 Å². The van der Waals surface area contributed by atoms with Crippen LogP contribution in [0.15, 0.2) is 24.3 Å². The minimum absolute atomic E-state index is 0.131. The molecule has 1 saturated heterocycles. The first kappa shape index (κ1) is 17.2.